The van der Waals surface area contributed by atoms with Crippen LogP contribution in [0.3, 0.4) is 0 Å². The van der Waals surface area contributed by atoms with Gasteiger partial charge in [0.15, 0.2) is 5.82 Å². The van der Waals surface area contributed by atoms with Gasteiger partial charge in [-0.05, 0) is 30.7 Å². The van der Waals surface area contributed by atoms with Crippen molar-refractivity contribution in [2.75, 3.05) is 57.5 Å². The van der Waals surface area contributed by atoms with Crippen LogP contribution in [0.4, 0.5) is 26.4 Å². The first-order valence-electron chi connectivity index (χ1n) is 11.8. The van der Waals surface area contributed by atoms with Crippen molar-refractivity contribution in [2.45, 2.75) is 18.4 Å². The Labute approximate surface area is 213 Å². The average Bonchev–Trinajstić information content (AvgIpc) is 3.39. The predicted octanol–water partition coefficient (Wildman–Crippen LogP) is 4.50. The summed E-state index contributed by atoms with van der Waals surface area (Å²) in [5, 5.41) is 6.90. The fourth-order valence-corrected chi connectivity index (χ4v) is 4.99. The first-order chi connectivity index (χ1) is 17.4. The molecule has 1 aromatic heterocycles. The van der Waals surface area contributed by atoms with Crippen LogP contribution < -0.4 is 15.4 Å². The topological polar surface area (TPSA) is 91.9 Å². The predicted molar refractivity (Wildman–Crippen MR) is 137 cm³/mol. The molecular formula is C25H28ClFN6O3. The molecule has 36 heavy (non-hydrogen) atoms. The van der Waals surface area contributed by atoms with Crippen LogP contribution in [-0.4, -0.2) is 78.3 Å². The van der Waals surface area contributed by atoms with Crippen LogP contribution in [0.1, 0.15) is 12.8 Å². The Morgan fingerprint density at radius 3 is 2.89 bits per heavy atom. The number of ether oxygens (including phenoxy) is 2. The number of carbonyl (C=O) groups is 1. The number of amides is 1. The Hall–Kier alpha value is -3.37. The van der Waals surface area contributed by atoms with Gasteiger partial charge in [-0.25, -0.2) is 19.2 Å². The van der Waals surface area contributed by atoms with Crippen molar-refractivity contribution >= 4 is 45.8 Å². The van der Waals surface area contributed by atoms with Crippen LogP contribution in [0.5, 0.6) is 5.75 Å². The summed E-state index contributed by atoms with van der Waals surface area (Å²) in [5.41, 5.74) is 1.33. The number of anilines is 3. The van der Waals surface area contributed by atoms with Gasteiger partial charge in [0.1, 0.15) is 23.5 Å². The molecule has 1 atom stereocenters. The third-order valence-electron chi connectivity index (χ3n) is 6.62. The van der Waals surface area contributed by atoms with E-state index in [2.05, 4.69) is 25.5 Å². The van der Waals surface area contributed by atoms with E-state index in [1.807, 2.05) is 19.2 Å². The minimum absolute atomic E-state index is 0.0295. The van der Waals surface area contributed by atoms with E-state index in [0.717, 1.165) is 38.2 Å². The number of nitrogens with one attached hydrogen (secondary N) is 2. The van der Waals surface area contributed by atoms with Crippen molar-refractivity contribution < 1.29 is 18.7 Å². The summed E-state index contributed by atoms with van der Waals surface area (Å²) in [6.45, 7) is 3.62. The van der Waals surface area contributed by atoms with Gasteiger partial charge in [0.05, 0.1) is 35.1 Å². The van der Waals surface area contributed by atoms with Gasteiger partial charge < -0.3 is 25.0 Å². The van der Waals surface area contributed by atoms with Gasteiger partial charge in [-0.1, -0.05) is 17.7 Å². The van der Waals surface area contributed by atoms with Gasteiger partial charge in [0, 0.05) is 45.5 Å². The molecule has 1 unspecified atom stereocenters. The maximum absolute atomic E-state index is 14.5. The molecule has 2 N–H and O–H groups in total. The van der Waals surface area contributed by atoms with Gasteiger partial charge >= 0.3 is 6.09 Å². The number of carbonyl (C=O) groups excluding carboxylic acids is 1. The number of hydrogen-bond donors (Lipinski definition) is 2. The molecule has 2 aliphatic rings. The number of aromatic nitrogens is 2. The highest BCUT2D eigenvalue weighted by molar-refractivity contribution is 6.31. The minimum Gasteiger partial charge on any atom is -0.491 e. The van der Waals surface area contributed by atoms with Crippen molar-refractivity contribution in [3.05, 3.63) is 47.5 Å². The summed E-state index contributed by atoms with van der Waals surface area (Å²) < 4.78 is 26.2. The van der Waals surface area contributed by atoms with Crippen molar-refractivity contribution in [3.8, 4) is 5.75 Å². The maximum atomic E-state index is 14.5. The highest BCUT2D eigenvalue weighted by Gasteiger charge is 2.48. The number of benzene rings is 2. The van der Waals surface area contributed by atoms with E-state index in [4.69, 9.17) is 21.1 Å². The lowest BCUT2D eigenvalue weighted by atomic mass is 10.0. The number of nitrogens with zero attached hydrogens (tertiary/aromatic N) is 4. The molecule has 0 saturated carbocycles. The zero-order valence-electron chi connectivity index (χ0n) is 20.2. The molecule has 2 aromatic carbocycles. The normalized spacial score (nSPS) is 19.8. The highest BCUT2D eigenvalue weighted by atomic mass is 35.5. The minimum atomic E-state index is -0.544. The molecule has 1 amide bonds. The van der Waals surface area contributed by atoms with Gasteiger partial charge in [-0.15, -0.1) is 0 Å². The second kappa shape index (κ2) is 9.94. The molecule has 1 spiro atoms. The van der Waals surface area contributed by atoms with E-state index in [-0.39, 0.29) is 22.4 Å². The number of hydrogen-bond acceptors (Lipinski definition) is 8. The second-order valence-corrected chi connectivity index (χ2v) is 9.61. The van der Waals surface area contributed by atoms with Crippen molar-refractivity contribution in [3.63, 3.8) is 0 Å². The fraction of sp³-hybridized carbons (Fsp3) is 0.400. The number of likely N-dealkylation sites (N-methyl/N-ethyl adjacent to an activating group) is 1. The van der Waals surface area contributed by atoms with Crippen LogP contribution in [-0.2, 0) is 4.74 Å². The second-order valence-electron chi connectivity index (χ2n) is 9.20. The Balaban J connectivity index is 1.25. The molecule has 5 rings (SSSR count). The molecule has 9 nitrogen and oxygen atoms in total. The molecule has 3 heterocycles. The van der Waals surface area contributed by atoms with E-state index in [1.165, 1.54) is 12.4 Å². The number of halogens is 2. The molecule has 0 aliphatic carbocycles. The maximum Gasteiger partial charge on any atom is 0.410 e. The number of rotatable bonds is 8. The first kappa shape index (κ1) is 24.3. The summed E-state index contributed by atoms with van der Waals surface area (Å²) in [6.07, 6.45) is 2.84. The zero-order valence-corrected chi connectivity index (χ0v) is 20.9. The summed E-state index contributed by atoms with van der Waals surface area (Å²) in [7, 11) is 3.59. The molecule has 0 bridgehead atoms. The smallest absolute Gasteiger partial charge is 0.410 e. The number of likely N-dealkylation sites (tertiary alicyclic amines) is 1. The summed E-state index contributed by atoms with van der Waals surface area (Å²) in [4.78, 5) is 24.4. The molecule has 3 aromatic rings. The highest BCUT2D eigenvalue weighted by Crippen LogP contribution is 2.35. The van der Waals surface area contributed by atoms with E-state index >= 15 is 0 Å². The van der Waals surface area contributed by atoms with E-state index in [9.17, 15) is 9.18 Å². The van der Waals surface area contributed by atoms with Crippen LogP contribution in [0, 0.1) is 5.82 Å². The molecule has 0 radical (unpaired) electrons. The third kappa shape index (κ3) is 4.83. The average molecular weight is 515 g/mol. The van der Waals surface area contributed by atoms with Gasteiger partial charge in [-0.3, -0.25) is 4.90 Å². The molecule has 11 heteroatoms. The summed E-state index contributed by atoms with van der Waals surface area (Å²) >= 11 is 5.93. The lowest BCUT2D eigenvalue weighted by Crippen LogP contribution is -2.37. The molecule has 2 aliphatic heterocycles. The Bertz CT molecular complexity index is 1290. The lowest BCUT2D eigenvalue weighted by molar-refractivity contribution is 0.0629. The largest absolute Gasteiger partial charge is 0.491 e. The third-order valence-corrected chi connectivity index (χ3v) is 6.92. The lowest BCUT2D eigenvalue weighted by Gasteiger charge is -2.22. The summed E-state index contributed by atoms with van der Waals surface area (Å²) in [6, 6.07) is 8.49. The zero-order chi connectivity index (χ0) is 25.3. The van der Waals surface area contributed by atoms with E-state index in [0.29, 0.717) is 35.6 Å². The van der Waals surface area contributed by atoms with Gasteiger partial charge in [-0.2, -0.15) is 0 Å². The first-order valence-corrected chi connectivity index (χ1v) is 12.2. The van der Waals surface area contributed by atoms with Crippen LogP contribution in [0.25, 0.3) is 10.9 Å². The Morgan fingerprint density at radius 1 is 1.25 bits per heavy atom. The fourth-order valence-electron chi connectivity index (χ4n) is 4.82. The van der Waals surface area contributed by atoms with Crippen molar-refractivity contribution in [1.82, 2.24) is 19.8 Å². The molecular weight excluding hydrogens is 487 g/mol. The van der Waals surface area contributed by atoms with Crippen LogP contribution >= 0.6 is 11.6 Å². The standard InChI is InChI=1S/C25H28ClFN6O3/c1-28-20-12-19-16(23(30-15-29-19)31-18-6-3-5-17(26)22(18)27)11-21(20)35-10-4-8-33-9-7-25(14-33)13-32(2)24(34)36-25/h3,5-6,11-12,15,28H,4,7-10,13-14H2,1-2H3,(H,29,30,31). The van der Waals surface area contributed by atoms with Gasteiger partial charge in [0.25, 0.3) is 0 Å². The SMILES string of the molecule is CNc1cc2ncnc(Nc3cccc(Cl)c3F)c2cc1OCCCN1CCC2(C1)CN(C)C(=O)O2. The van der Waals surface area contributed by atoms with E-state index < -0.39 is 5.82 Å². The van der Waals surface area contributed by atoms with Crippen LogP contribution in [0.15, 0.2) is 36.7 Å². The quantitative estimate of drug-likeness (QED) is 0.424. The van der Waals surface area contributed by atoms with Gasteiger partial charge in [0.2, 0.25) is 0 Å². The Kier molecular flexibility index (Phi) is 6.72. The molecule has 190 valence electrons. The summed E-state index contributed by atoms with van der Waals surface area (Å²) in [5.74, 6) is 0.558. The molecule has 2 saturated heterocycles. The van der Waals surface area contributed by atoms with Crippen LogP contribution in [0.2, 0.25) is 5.02 Å². The Morgan fingerprint density at radius 2 is 2.11 bits per heavy atom. The number of fused-ring (bicyclic) bond motifs is 1. The van der Waals surface area contributed by atoms with Crippen molar-refractivity contribution in [1.29, 1.82) is 0 Å². The molecule has 2 fully saturated rings. The van der Waals surface area contributed by atoms with Crippen molar-refractivity contribution in [2.24, 2.45) is 0 Å². The monoisotopic (exact) mass is 514 g/mol. The van der Waals surface area contributed by atoms with E-state index in [1.54, 1.807) is 24.1 Å².